The molecule has 2 heterocycles. The van der Waals surface area contributed by atoms with E-state index in [9.17, 15) is 32.3 Å². The van der Waals surface area contributed by atoms with Crippen molar-refractivity contribution in [1.82, 2.24) is 14.9 Å². The molecule has 0 unspecified atom stereocenters. The number of aromatic amines is 1. The lowest BCUT2D eigenvalue weighted by atomic mass is 9.92. The standard InChI is InChI=1S/C18H17F3N4O5/c1-2-30-16(29)24-17(18(19,20)21)11-12(22-14(17)27)25(15(28)23-13(11)26)9-8-10-6-4-3-5-7-10/h3-7H,2,8-9H2,1H3,(H,22,27)(H,24,29)(H,23,26,28)/t17-/m0/s1. The molecule has 0 radical (unpaired) electrons. The van der Waals surface area contributed by atoms with Gasteiger partial charge in [-0.1, -0.05) is 30.3 Å². The summed E-state index contributed by atoms with van der Waals surface area (Å²) in [6.07, 6.45) is -6.71. The molecule has 0 aliphatic carbocycles. The van der Waals surface area contributed by atoms with E-state index in [0.29, 0.717) is 0 Å². The van der Waals surface area contributed by atoms with Gasteiger partial charge in [-0.2, -0.15) is 13.2 Å². The number of hydrogen-bond acceptors (Lipinski definition) is 5. The summed E-state index contributed by atoms with van der Waals surface area (Å²) >= 11 is 0. The Morgan fingerprint density at radius 1 is 1.20 bits per heavy atom. The van der Waals surface area contributed by atoms with E-state index in [1.807, 2.05) is 5.32 Å². The number of halogens is 3. The molecule has 1 aromatic carbocycles. The summed E-state index contributed by atoms with van der Waals surface area (Å²) in [5.74, 6) is -2.35. The molecular formula is C18H17F3N4O5. The maximum absolute atomic E-state index is 14.0. The first-order valence-electron chi connectivity index (χ1n) is 8.86. The summed E-state index contributed by atoms with van der Waals surface area (Å²) in [5.41, 5.74) is -6.49. The van der Waals surface area contributed by atoms with E-state index in [2.05, 4.69) is 4.74 Å². The summed E-state index contributed by atoms with van der Waals surface area (Å²) in [6, 6.07) is 8.76. The van der Waals surface area contributed by atoms with Crippen LogP contribution < -0.4 is 21.9 Å². The molecule has 0 saturated carbocycles. The van der Waals surface area contributed by atoms with E-state index < -0.39 is 46.3 Å². The van der Waals surface area contributed by atoms with Crippen molar-refractivity contribution < 1.29 is 27.5 Å². The lowest BCUT2D eigenvalue weighted by molar-refractivity contribution is -0.197. The summed E-state index contributed by atoms with van der Waals surface area (Å²) in [4.78, 5) is 50.7. The van der Waals surface area contributed by atoms with Crippen LogP contribution in [0.1, 0.15) is 18.1 Å². The van der Waals surface area contributed by atoms with Crippen LogP contribution in [0.2, 0.25) is 0 Å². The fraction of sp³-hybridized carbons (Fsp3) is 0.333. The zero-order valence-electron chi connectivity index (χ0n) is 15.6. The predicted molar refractivity (Wildman–Crippen MR) is 98.0 cm³/mol. The van der Waals surface area contributed by atoms with Crippen LogP contribution in [0.15, 0.2) is 39.9 Å². The fourth-order valence-electron chi connectivity index (χ4n) is 3.24. The predicted octanol–water partition coefficient (Wildman–Crippen LogP) is 1.24. The van der Waals surface area contributed by atoms with E-state index in [1.54, 1.807) is 35.3 Å². The summed E-state index contributed by atoms with van der Waals surface area (Å²) in [6.45, 7) is 0.966. The Bertz CT molecular complexity index is 1090. The van der Waals surface area contributed by atoms with E-state index in [-0.39, 0.29) is 19.6 Å². The summed E-state index contributed by atoms with van der Waals surface area (Å²) in [7, 11) is 0. The number of anilines is 1. The Hall–Kier alpha value is -3.57. The molecule has 0 saturated heterocycles. The van der Waals surface area contributed by atoms with Crippen LogP contribution in [0.25, 0.3) is 0 Å². The lowest BCUT2D eigenvalue weighted by Crippen LogP contribution is -2.62. The van der Waals surface area contributed by atoms with E-state index in [0.717, 1.165) is 10.1 Å². The van der Waals surface area contributed by atoms with Crippen LogP contribution >= 0.6 is 0 Å². The second kappa shape index (κ2) is 7.69. The Balaban J connectivity index is 2.14. The molecule has 1 atom stereocenters. The SMILES string of the molecule is CCOC(=O)N[C@]1(C(F)(F)F)C(=O)Nc2c1c(=O)[nH]c(=O)n2CCc1ccccc1. The lowest BCUT2D eigenvalue weighted by Gasteiger charge is -2.29. The highest BCUT2D eigenvalue weighted by Gasteiger charge is 2.68. The molecule has 2 amide bonds. The number of carbonyl (C=O) groups is 2. The Morgan fingerprint density at radius 2 is 1.87 bits per heavy atom. The first kappa shape index (κ1) is 21.1. The quantitative estimate of drug-likeness (QED) is 0.664. The highest BCUT2D eigenvalue weighted by Crippen LogP contribution is 2.44. The number of nitrogens with one attached hydrogen (secondary N) is 3. The van der Waals surface area contributed by atoms with Gasteiger partial charge in [0, 0.05) is 6.54 Å². The third-order valence-corrected chi connectivity index (χ3v) is 4.60. The Kier molecular flexibility index (Phi) is 5.42. The van der Waals surface area contributed by atoms with Gasteiger partial charge >= 0.3 is 18.0 Å². The molecule has 12 heteroatoms. The molecule has 0 spiro atoms. The van der Waals surface area contributed by atoms with Crippen molar-refractivity contribution in [3.63, 3.8) is 0 Å². The number of amides is 2. The molecule has 9 nitrogen and oxygen atoms in total. The van der Waals surface area contributed by atoms with Crippen molar-refractivity contribution >= 4 is 17.8 Å². The van der Waals surface area contributed by atoms with Gasteiger partial charge in [-0.25, -0.2) is 9.59 Å². The minimum absolute atomic E-state index is 0.129. The summed E-state index contributed by atoms with van der Waals surface area (Å²) < 4.78 is 47.4. The van der Waals surface area contributed by atoms with Gasteiger partial charge in [0.05, 0.1) is 6.61 Å². The number of nitrogens with zero attached hydrogens (tertiary/aromatic N) is 1. The van der Waals surface area contributed by atoms with E-state index in [4.69, 9.17) is 0 Å². The molecule has 30 heavy (non-hydrogen) atoms. The second-order valence-electron chi connectivity index (χ2n) is 6.42. The molecule has 1 aliphatic heterocycles. The van der Waals surface area contributed by atoms with E-state index in [1.165, 1.54) is 12.2 Å². The van der Waals surface area contributed by atoms with Crippen LogP contribution in [0.5, 0.6) is 0 Å². The first-order chi connectivity index (χ1) is 14.1. The van der Waals surface area contributed by atoms with Crippen LogP contribution in [-0.4, -0.2) is 34.3 Å². The smallest absolute Gasteiger partial charge is 0.425 e. The highest BCUT2D eigenvalue weighted by atomic mass is 19.4. The van der Waals surface area contributed by atoms with Gasteiger partial charge in [0.1, 0.15) is 11.4 Å². The van der Waals surface area contributed by atoms with Crippen molar-refractivity contribution in [3.05, 3.63) is 62.3 Å². The molecule has 1 aliphatic rings. The molecular weight excluding hydrogens is 409 g/mol. The van der Waals surface area contributed by atoms with Crippen molar-refractivity contribution in [3.8, 4) is 0 Å². The zero-order valence-corrected chi connectivity index (χ0v) is 15.6. The number of rotatable bonds is 5. The minimum Gasteiger partial charge on any atom is -0.450 e. The molecule has 2 aromatic rings. The third kappa shape index (κ3) is 3.44. The van der Waals surface area contributed by atoms with Gasteiger partial charge in [0.25, 0.3) is 17.0 Å². The van der Waals surface area contributed by atoms with Gasteiger partial charge in [-0.3, -0.25) is 24.5 Å². The maximum atomic E-state index is 14.0. The second-order valence-corrected chi connectivity index (χ2v) is 6.42. The van der Waals surface area contributed by atoms with Crippen LogP contribution in [0.3, 0.4) is 0 Å². The van der Waals surface area contributed by atoms with Crippen molar-refractivity contribution in [2.24, 2.45) is 0 Å². The van der Waals surface area contributed by atoms with Gasteiger partial charge in [-0.15, -0.1) is 0 Å². The number of hydrogen-bond donors (Lipinski definition) is 3. The number of aryl methyl sites for hydroxylation is 1. The average molecular weight is 426 g/mol. The topological polar surface area (TPSA) is 122 Å². The number of alkyl halides is 3. The number of aromatic nitrogens is 2. The van der Waals surface area contributed by atoms with Crippen LogP contribution in [0.4, 0.5) is 23.8 Å². The van der Waals surface area contributed by atoms with Crippen molar-refractivity contribution in [2.45, 2.75) is 31.6 Å². The third-order valence-electron chi connectivity index (χ3n) is 4.60. The van der Waals surface area contributed by atoms with Gasteiger partial charge < -0.3 is 10.1 Å². The average Bonchev–Trinajstić information content (AvgIpc) is 2.96. The van der Waals surface area contributed by atoms with Gasteiger partial charge in [-0.05, 0) is 18.9 Å². The normalized spacial score (nSPS) is 17.9. The van der Waals surface area contributed by atoms with Gasteiger partial charge in [0.15, 0.2) is 0 Å². The number of benzene rings is 1. The molecule has 0 fully saturated rings. The van der Waals surface area contributed by atoms with Crippen molar-refractivity contribution in [1.29, 1.82) is 0 Å². The number of alkyl carbamates (subject to hydrolysis) is 1. The first-order valence-corrected chi connectivity index (χ1v) is 8.86. The summed E-state index contributed by atoms with van der Waals surface area (Å²) in [5, 5.41) is 3.41. The molecule has 3 rings (SSSR count). The fourth-order valence-corrected chi connectivity index (χ4v) is 3.24. The van der Waals surface area contributed by atoms with Crippen LogP contribution in [0, 0.1) is 0 Å². The number of carbonyl (C=O) groups excluding carboxylic acids is 2. The van der Waals surface area contributed by atoms with Crippen molar-refractivity contribution in [2.75, 3.05) is 11.9 Å². The molecule has 1 aromatic heterocycles. The number of ether oxygens (including phenoxy) is 1. The minimum atomic E-state index is -5.40. The molecule has 160 valence electrons. The maximum Gasteiger partial charge on any atom is 0.425 e. The number of fused-ring (bicyclic) bond motifs is 1. The molecule has 3 N–H and O–H groups in total. The van der Waals surface area contributed by atoms with Gasteiger partial charge in [0.2, 0.25) is 0 Å². The number of H-pyrrole nitrogens is 1. The Morgan fingerprint density at radius 3 is 2.47 bits per heavy atom. The monoisotopic (exact) mass is 426 g/mol. The highest BCUT2D eigenvalue weighted by molar-refractivity contribution is 6.07. The van der Waals surface area contributed by atoms with Crippen LogP contribution in [-0.2, 0) is 28.0 Å². The zero-order chi connectivity index (χ0) is 22.1. The largest absolute Gasteiger partial charge is 0.450 e. The molecule has 0 bridgehead atoms. The van der Waals surface area contributed by atoms with E-state index >= 15 is 0 Å². The Labute approximate surface area is 166 Å².